The molecule has 3 heterocycles. The Bertz CT molecular complexity index is 2690. The van der Waals surface area contributed by atoms with Crippen LogP contribution in [0.3, 0.4) is 0 Å². The van der Waals surface area contributed by atoms with Gasteiger partial charge in [-0.25, -0.2) is 22.2 Å². The van der Waals surface area contributed by atoms with Gasteiger partial charge in [-0.05, 0) is 74.4 Å². The number of aromatic nitrogens is 5. The molecule has 1 N–H and O–H groups in total. The number of Topliss-reactive ketones (excluding diaryl/α,β-unsaturated/α-hetero) is 1. The van der Waals surface area contributed by atoms with E-state index in [1.165, 1.54) is 37.5 Å². The van der Waals surface area contributed by atoms with E-state index in [2.05, 4.69) is 22.0 Å². The molecule has 2 aromatic carbocycles. The van der Waals surface area contributed by atoms with Gasteiger partial charge in [0.25, 0.3) is 11.8 Å². The minimum atomic E-state index is -3.55. The summed E-state index contributed by atoms with van der Waals surface area (Å²) in [4.78, 5) is 33.4. The van der Waals surface area contributed by atoms with E-state index >= 15 is 8.78 Å². The highest BCUT2D eigenvalue weighted by Gasteiger charge is 2.67. The molecule has 0 unspecified atom stereocenters. The molecule has 11 nitrogen and oxygen atoms in total. The highest BCUT2D eigenvalue weighted by atomic mass is 35.5. The number of ketones is 1. The highest BCUT2D eigenvalue weighted by molar-refractivity contribution is 7.89. The fourth-order valence-electron chi connectivity index (χ4n) is 7.86. The molecule has 3 aromatic heterocycles. The van der Waals surface area contributed by atoms with Crippen LogP contribution in [0.25, 0.3) is 22.0 Å². The summed E-state index contributed by atoms with van der Waals surface area (Å²) in [7, 11) is 1.02. The fourth-order valence-corrected chi connectivity index (χ4v) is 8.82. The number of pyridine rings is 1. The number of halogens is 5. The normalized spacial score (nSPS) is 17.4. The standard InChI is InChI=1S/C41H39ClF4N6O5S/c1-40(2,55)12-11-25-7-8-27(28-9-10-31(42)34-32(20-58(6,56)57)48-51(5)37(28)34)35(47-25)22(13-21-14-23(43)17-24(44)15-21)16-26(53)19-52-38-33(29-18-30(29)41(38,45)46)36(49-52)39(54)50(3)4/h7-10,14-15,17,22,29-30,55H,13,16,18-20H2,1-6H3/t22-,29+,30-/m1/s1. The number of benzene rings is 2. The Kier molecular flexibility index (Phi) is 10.3. The number of rotatable bonds is 11. The average molecular weight is 839 g/mol. The highest BCUT2D eigenvalue weighted by Crippen LogP contribution is 2.67. The fraction of sp³-hybridized carbons (Fsp3) is 0.390. The van der Waals surface area contributed by atoms with Crippen molar-refractivity contribution in [1.29, 1.82) is 0 Å². The molecular formula is C41H39ClF4N6O5S. The lowest BCUT2D eigenvalue weighted by Gasteiger charge is -2.22. The Morgan fingerprint density at radius 2 is 1.76 bits per heavy atom. The summed E-state index contributed by atoms with van der Waals surface area (Å²) in [5, 5.41) is 19.7. The van der Waals surface area contributed by atoms with Gasteiger partial charge in [0.15, 0.2) is 21.3 Å². The van der Waals surface area contributed by atoms with Gasteiger partial charge in [0.05, 0.1) is 27.7 Å². The summed E-state index contributed by atoms with van der Waals surface area (Å²) in [5.41, 5.74) is 0.188. The third-order valence-electron chi connectivity index (χ3n) is 10.3. The van der Waals surface area contributed by atoms with Crippen molar-refractivity contribution in [3.05, 3.63) is 98.7 Å². The molecule has 7 rings (SSSR count). The molecule has 2 aliphatic rings. The van der Waals surface area contributed by atoms with Gasteiger partial charge < -0.3 is 10.0 Å². The van der Waals surface area contributed by atoms with Crippen molar-refractivity contribution in [2.24, 2.45) is 13.0 Å². The van der Waals surface area contributed by atoms with Crippen LogP contribution in [-0.2, 0) is 46.3 Å². The van der Waals surface area contributed by atoms with Crippen molar-refractivity contribution >= 4 is 44.0 Å². The topological polar surface area (TPSA) is 140 Å². The van der Waals surface area contributed by atoms with Crippen molar-refractivity contribution in [3.63, 3.8) is 0 Å². The number of aryl methyl sites for hydroxylation is 1. The maximum atomic E-state index is 15.7. The first kappa shape index (κ1) is 41.1. The largest absolute Gasteiger partial charge is 0.378 e. The summed E-state index contributed by atoms with van der Waals surface area (Å²) < 4.78 is 87.9. The monoisotopic (exact) mass is 838 g/mol. The van der Waals surface area contributed by atoms with Crippen LogP contribution < -0.4 is 0 Å². The Labute approximate surface area is 336 Å². The molecule has 0 aliphatic heterocycles. The van der Waals surface area contributed by atoms with Gasteiger partial charge in [-0.1, -0.05) is 23.6 Å². The number of sulfone groups is 1. The van der Waals surface area contributed by atoms with Crippen LogP contribution in [0.4, 0.5) is 17.6 Å². The van der Waals surface area contributed by atoms with E-state index < -0.39 is 86.9 Å². The van der Waals surface area contributed by atoms with Gasteiger partial charge in [0, 0.05) is 73.8 Å². The summed E-state index contributed by atoms with van der Waals surface area (Å²) in [6.07, 6.45) is 0.711. The van der Waals surface area contributed by atoms with Crippen molar-refractivity contribution in [1.82, 2.24) is 29.4 Å². The zero-order valence-electron chi connectivity index (χ0n) is 32.4. The number of hydrogen-bond acceptors (Lipinski definition) is 8. The number of fused-ring (bicyclic) bond motifs is 4. The Morgan fingerprint density at radius 3 is 2.40 bits per heavy atom. The molecule has 1 fully saturated rings. The molecule has 0 saturated heterocycles. The van der Waals surface area contributed by atoms with Crippen LogP contribution in [0.15, 0.2) is 42.5 Å². The van der Waals surface area contributed by atoms with Crippen molar-refractivity contribution in [2.45, 2.75) is 68.8 Å². The second-order valence-corrected chi connectivity index (χ2v) is 18.4. The zero-order valence-corrected chi connectivity index (χ0v) is 33.9. The number of aliphatic hydroxyl groups is 1. The predicted molar refractivity (Wildman–Crippen MR) is 208 cm³/mol. The van der Waals surface area contributed by atoms with Crippen LogP contribution in [0, 0.1) is 29.4 Å². The van der Waals surface area contributed by atoms with E-state index in [-0.39, 0.29) is 51.8 Å². The second kappa shape index (κ2) is 14.6. The summed E-state index contributed by atoms with van der Waals surface area (Å²) in [6, 6.07) is 9.42. The van der Waals surface area contributed by atoms with Crippen molar-refractivity contribution < 1.29 is 40.7 Å². The Morgan fingerprint density at radius 1 is 1.09 bits per heavy atom. The molecule has 5 aromatic rings. The summed E-state index contributed by atoms with van der Waals surface area (Å²) in [6.45, 7) is 2.32. The third-order valence-corrected chi connectivity index (χ3v) is 11.4. The molecule has 3 atom stereocenters. The summed E-state index contributed by atoms with van der Waals surface area (Å²) in [5.74, 6) is -3.61. The second-order valence-electron chi connectivity index (χ2n) is 15.9. The molecule has 0 radical (unpaired) electrons. The van der Waals surface area contributed by atoms with E-state index in [0.717, 1.165) is 23.1 Å². The van der Waals surface area contributed by atoms with Crippen molar-refractivity contribution in [3.8, 4) is 23.0 Å². The molecule has 304 valence electrons. The number of hydrogen-bond donors (Lipinski definition) is 1. The molecular weight excluding hydrogens is 800 g/mol. The lowest BCUT2D eigenvalue weighted by Crippen LogP contribution is -2.25. The van der Waals surface area contributed by atoms with Crippen LogP contribution in [0.5, 0.6) is 0 Å². The molecule has 1 amide bonds. The van der Waals surface area contributed by atoms with Crippen LogP contribution >= 0.6 is 11.6 Å². The SMILES string of the molecule is CN(C)C(=O)c1nn(CC(=O)C[C@@H](Cc2cc(F)cc(F)c2)c2nc(C#CC(C)(C)O)ccc2-c2ccc(Cl)c3c(CS(C)(=O)=O)nn(C)c23)c2c1[C@H]1C[C@H]1C2(F)F. The maximum absolute atomic E-state index is 15.7. The van der Waals surface area contributed by atoms with E-state index in [9.17, 15) is 31.9 Å². The number of alkyl halides is 2. The maximum Gasteiger partial charge on any atom is 0.293 e. The molecule has 0 spiro atoms. The molecule has 0 bridgehead atoms. The van der Waals surface area contributed by atoms with Crippen LogP contribution in [0.2, 0.25) is 5.02 Å². The Balaban J connectivity index is 1.39. The van der Waals surface area contributed by atoms with Gasteiger partial charge in [-0.3, -0.25) is 19.0 Å². The van der Waals surface area contributed by atoms with Gasteiger partial charge in [0.2, 0.25) is 0 Å². The van der Waals surface area contributed by atoms with Crippen molar-refractivity contribution in [2.75, 3.05) is 20.4 Å². The van der Waals surface area contributed by atoms with E-state index in [1.54, 1.807) is 31.3 Å². The number of carbonyl (C=O) groups excluding carboxylic acids is 2. The van der Waals surface area contributed by atoms with E-state index in [1.807, 2.05) is 0 Å². The number of nitrogens with zero attached hydrogens (tertiary/aromatic N) is 6. The lowest BCUT2D eigenvalue weighted by atomic mass is 9.86. The number of amides is 1. The number of carbonyl (C=O) groups is 2. The Hall–Kier alpha value is -5.11. The average Bonchev–Trinajstić information content (AvgIpc) is 3.65. The molecule has 2 aliphatic carbocycles. The van der Waals surface area contributed by atoms with Gasteiger partial charge >= 0.3 is 0 Å². The van der Waals surface area contributed by atoms with Gasteiger partial charge in [-0.2, -0.15) is 19.0 Å². The smallest absolute Gasteiger partial charge is 0.293 e. The summed E-state index contributed by atoms with van der Waals surface area (Å²) >= 11 is 6.66. The minimum absolute atomic E-state index is 0.135. The lowest BCUT2D eigenvalue weighted by molar-refractivity contribution is -0.120. The van der Waals surface area contributed by atoms with Crippen LogP contribution in [0.1, 0.15) is 82.9 Å². The van der Waals surface area contributed by atoms with Gasteiger partial charge in [0.1, 0.15) is 35.2 Å². The quantitative estimate of drug-likeness (QED) is 0.120. The minimum Gasteiger partial charge on any atom is -0.378 e. The van der Waals surface area contributed by atoms with E-state index in [0.29, 0.717) is 28.1 Å². The van der Waals surface area contributed by atoms with Crippen LogP contribution in [-0.4, -0.2) is 80.6 Å². The first-order chi connectivity index (χ1) is 27.0. The molecule has 58 heavy (non-hydrogen) atoms. The predicted octanol–water partition coefficient (Wildman–Crippen LogP) is 6.33. The van der Waals surface area contributed by atoms with Gasteiger partial charge in [-0.15, -0.1) is 0 Å². The first-order valence-corrected chi connectivity index (χ1v) is 20.7. The zero-order chi connectivity index (χ0) is 42.2. The van der Waals surface area contributed by atoms with E-state index in [4.69, 9.17) is 16.6 Å². The third kappa shape index (κ3) is 7.99. The first-order valence-electron chi connectivity index (χ1n) is 18.3. The molecule has 1 saturated carbocycles. The molecule has 17 heteroatoms.